The van der Waals surface area contributed by atoms with Gasteiger partial charge >= 0.3 is 11.9 Å². The molecule has 3 N–H and O–H groups in total. The van der Waals surface area contributed by atoms with Crippen LogP contribution < -0.4 is 0 Å². The summed E-state index contributed by atoms with van der Waals surface area (Å²) in [6.07, 6.45) is -3.84. The van der Waals surface area contributed by atoms with Gasteiger partial charge in [-0.2, -0.15) is 0 Å². The predicted molar refractivity (Wildman–Crippen MR) is 45.5 cm³/mol. The van der Waals surface area contributed by atoms with Crippen LogP contribution in [0.25, 0.3) is 0 Å². The lowest BCUT2D eigenvalue weighted by Crippen LogP contribution is -2.31. The van der Waals surface area contributed by atoms with E-state index in [1.54, 1.807) is 6.92 Å². The maximum absolute atomic E-state index is 10.8. The van der Waals surface area contributed by atoms with Crippen LogP contribution >= 0.6 is 0 Å². The molecule has 2 atom stereocenters. The number of carboxylic acids is 1. The van der Waals surface area contributed by atoms with Gasteiger partial charge in [-0.05, 0) is 6.92 Å². The molecule has 0 aromatic carbocycles. The molecule has 0 fully saturated rings. The fourth-order valence-electron chi connectivity index (χ4n) is 0.842. The third-order valence-corrected chi connectivity index (χ3v) is 1.51. The van der Waals surface area contributed by atoms with Gasteiger partial charge in [-0.25, -0.2) is 0 Å². The molecule has 0 aliphatic carbocycles. The zero-order valence-corrected chi connectivity index (χ0v) is 7.84. The van der Waals surface area contributed by atoms with Crippen molar-refractivity contribution < 1.29 is 29.6 Å². The Hall–Kier alpha value is -1.14. The first kappa shape index (κ1) is 12.9. The van der Waals surface area contributed by atoms with Crippen molar-refractivity contribution >= 4 is 11.9 Å². The van der Waals surface area contributed by atoms with Gasteiger partial charge in [0.1, 0.15) is 0 Å². The van der Waals surface area contributed by atoms with E-state index in [1.165, 1.54) is 0 Å². The monoisotopic (exact) mass is 206 g/mol. The van der Waals surface area contributed by atoms with Crippen LogP contribution in [0, 0.1) is 0 Å². The maximum Gasteiger partial charge on any atom is 0.308 e. The molecule has 0 heterocycles. The molecule has 0 aliphatic heterocycles. The topological polar surface area (TPSA) is 104 Å². The van der Waals surface area contributed by atoms with Crippen molar-refractivity contribution in [3.8, 4) is 0 Å². The minimum Gasteiger partial charge on any atom is -0.481 e. The Kier molecular flexibility index (Phi) is 5.82. The second kappa shape index (κ2) is 6.33. The number of esters is 1. The second-order valence-corrected chi connectivity index (χ2v) is 2.74. The highest BCUT2D eigenvalue weighted by Gasteiger charge is 2.22. The van der Waals surface area contributed by atoms with E-state index in [9.17, 15) is 9.59 Å². The third kappa shape index (κ3) is 5.50. The van der Waals surface area contributed by atoms with Gasteiger partial charge in [0, 0.05) is 0 Å². The highest BCUT2D eigenvalue weighted by Crippen LogP contribution is 2.04. The molecule has 0 aliphatic rings. The van der Waals surface area contributed by atoms with E-state index in [0.717, 1.165) is 0 Å². The van der Waals surface area contributed by atoms with Crippen LogP contribution in [0.2, 0.25) is 0 Å². The minimum absolute atomic E-state index is 0.181. The van der Waals surface area contributed by atoms with Crippen molar-refractivity contribution in [2.45, 2.75) is 32.0 Å². The van der Waals surface area contributed by atoms with Crippen molar-refractivity contribution in [1.82, 2.24) is 0 Å². The standard InChI is InChI=1S/C8H14O6/c1-2-14-8(13)4-6(10)5(9)3-7(11)12/h5-6,9-10H,2-4H2,1H3,(H,11,12). The number of aliphatic hydroxyl groups excluding tert-OH is 2. The highest BCUT2D eigenvalue weighted by molar-refractivity contribution is 5.70. The summed E-state index contributed by atoms with van der Waals surface area (Å²) in [5, 5.41) is 26.5. The summed E-state index contributed by atoms with van der Waals surface area (Å²) in [5.41, 5.74) is 0. The largest absolute Gasteiger partial charge is 0.481 e. The van der Waals surface area contributed by atoms with E-state index >= 15 is 0 Å². The molecule has 82 valence electrons. The van der Waals surface area contributed by atoms with Gasteiger partial charge in [0.15, 0.2) is 0 Å². The lowest BCUT2D eigenvalue weighted by Gasteiger charge is -2.14. The molecule has 6 nitrogen and oxygen atoms in total. The van der Waals surface area contributed by atoms with Gasteiger partial charge in [0.2, 0.25) is 0 Å². The summed E-state index contributed by atoms with van der Waals surface area (Å²) in [4.78, 5) is 20.9. The fourth-order valence-corrected chi connectivity index (χ4v) is 0.842. The quantitative estimate of drug-likeness (QED) is 0.488. The summed E-state index contributed by atoms with van der Waals surface area (Å²) >= 11 is 0. The molecular formula is C8H14O6. The molecular weight excluding hydrogens is 192 g/mol. The molecule has 0 aromatic rings. The first-order valence-electron chi connectivity index (χ1n) is 4.21. The van der Waals surface area contributed by atoms with E-state index < -0.39 is 37.0 Å². The SMILES string of the molecule is CCOC(=O)CC(O)C(O)CC(=O)O. The van der Waals surface area contributed by atoms with Crippen molar-refractivity contribution in [2.75, 3.05) is 6.61 Å². The number of carbonyl (C=O) groups excluding carboxylic acids is 1. The van der Waals surface area contributed by atoms with Crippen LogP contribution in [0.5, 0.6) is 0 Å². The number of carbonyl (C=O) groups is 2. The first-order chi connectivity index (χ1) is 6.47. The Morgan fingerprint density at radius 2 is 1.71 bits per heavy atom. The smallest absolute Gasteiger partial charge is 0.308 e. The van der Waals surface area contributed by atoms with Crippen LogP contribution in [-0.4, -0.2) is 46.1 Å². The fraction of sp³-hybridized carbons (Fsp3) is 0.750. The van der Waals surface area contributed by atoms with E-state index in [4.69, 9.17) is 15.3 Å². The summed E-state index contributed by atoms with van der Waals surface area (Å²) in [6, 6.07) is 0. The summed E-state index contributed by atoms with van der Waals surface area (Å²) in [5.74, 6) is -1.90. The van der Waals surface area contributed by atoms with Crippen LogP contribution in [0.1, 0.15) is 19.8 Å². The van der Waals surface area contributed by atoms with E-state index in [2.05, 4.69) is 4.74 Å². The number of aliphatic hydroxyl groups is 2. The average Bonchev–Trinajstić information content (AvgIpc) is 2.02. The molecule has 0 amide bonds. The molecule has 0 aromatic heterocycles. The Bertz CT molecular complexity index is 202. The minimum atomic E-state index is -1.45. The molecule has 2 unspecified atom stereocenters. The van der Waals surface area contributed by atoms with Gasteiger partial charge in [-0.1, -0.05) is 0 Å². The molecule has 0 rings (SSSR count). The maximum atomic E-state index is 10.8. The lowest BCUT2D eigenvalue weighted by atomic mass is 10.1. The van der Waals surface area contributed by atoms with Crippen molar-refractivity contribution in [3.63, 3.8) is 0 Å². The number of carboxylic acid groups (broad SMARTS) is 1. The normalized spacial score (nSPS) is 14.5. The van der Waals surface area contributed by atoms with Crippen LogP contribution in [0.3, 0.4) is 0 Å². The Balaban J connectivity index is 3.87. The molecule has 0 radical (unpaired) electrons. The molecule has 0 saturated heterocycles. The average molecular weight is 206 g/mol. The van der Waals surface area contributed by atoms with Crippen LogP contribution in [0.15, 0.2) is 0 Å². The number of hydrogen-bond acceptors (Lipinski definition) is 5. The summed E-state index contributed by atoms with van der Waals surface area (Å²) < 4.78 is 4.51. The zero-order valence-electron chi connectivity index (χ0n) is 7.84. The Labute approximate surface area is 81.1 Å². The molecule has 0 saturated carbocycles. The molecule has 6 heteroatoms. The second-order valence-electron chi connectivity index (χ2n) is 2.74. The van der Waals surface area contributed by atoms with Gasteiger partial charge in [-0.15, -0.1) is 0 Å². The number of ether oxygens (including phenoxy) is 1. The van der Waals surface area contributed by atoms with E-state index in [0.29, 0.717) is 0 Å². The lowest BCUT2D eigenvalue weighted by molar-refractivity contribution is -0.150. The van der Waals surface area contributed by atoms with Crippen LogP contribution in [-0.2, 0) is 14.3 Å². The van der Waals surface area contributed by atoms with E-state index in [1.807, 2.05) is 0 Å². The van der Waals surface area contributed by atoms with Gasteiger partial charge < -0.3 is 20.1 Å². The molecule has 14 heavy (non-hydrogen) atoms. The van der Waals surface area contributed by atoms with E-state index in [-0.39, 0.29) is 6.61 Å². The van der Waals surface area contributed by atoms with Gasteiger partial charge in [0.25, 0.3) is 0 Å². The predicted octanol–water partition coefficient (Wildman–Crippen LogP) is -0.864. The van der Waals surface area contributed by atoms with Crippen molar-refractivity contribution in [1.29, 1.82) is 0 Å². The highest BCUT2D eigenvalue weighted by atomic mass is 16.5. The van der Waals surface area contributed by atoms with Crippen molar-refractivity contribution in [2.24, 2.45) is 0 Å². The number of hydrogen-bond donors (Lipinski definition) is 3. The Morgan fingerprint density at radius 3 is 2.14 bits per heavy atom. The number of aliphatic carboxylic acids is 1. The molecule has 0 spiro atoms. The van der Waals surface area contributed by atoms with Crippen LogP contribution in [0.4, 0.5) is 0 Å². The van der Waals surface area contributed by atoms with Gasteiger partial charge in [-0.3, -0.25) is 9.59 Å². The number of rotatable bonds is 6. The Morgan fingerprint density at radius 1 is 1.21 bits per heavy atom. The summed E-state index contributed by atoms with van der Waals surface area (Å²) in [6.45, 7) is 1.79. The zero-order chi connectivity index (χ0) is 11.1. The van der Waals surface area contributed by atoms with Gasteiger partial charge in [0.05, 0.1) is 31.7 Å². The third-order valence-electron chi connectivity index (χ3n) is 1.51. The first-order valence-corrected chi connectivity index (χ1v) is 4.21. The molecule has 0 bridgehead atoms. The van der Waals surface area contributed by atoms with Crippen molar-refractivity contribution in [3.05, 3.63) is 0 Å². The summed E-state index contributed by atoms with van der Waals surface area (Å²) in [7, 11) is 0.